The molecular formula is C50H88O10. The first-order valence-electron chi connectivity index (χ1n) is 24.2. The molecule has 6 unspecified atom stereocenters. The van der Waals surface area contributed by atoms with E-state index < -0.39 is 55.4 Å². The van der Waals surface area contributed by atoms with Gasteiger partial charge in [0.05, 0.1) is 13.2 Å². The number of carbonyl (C=O) groups excluding carboxylic acids is 2. The Bertz CT molecular complexity index is 1120. The highest BCUT2D eigenvalue weighted by Crippen LogP contribution is 2.23. The van der Waals surface area contributed by atoms with Gasteiger partial charge in [-0.2, -0.15) is 0 Å². The van der Waals surface area contributed by atoms with Crippen molar-refractivity contribution in [2.75, 3.05) is 19.8 Å². The molecule has 0 aromatic carbocycles. The lowest BCUT2D eigenvalue weighted by Gasteiger charge is -2.39. The molecule has 1 aliphatic heterocycles. The Morgan fingerprint density at radius 3 is 1.42 bits per heavy atom. The summed E-state index contributed by atoms with van der Waals surface area (Å²) < 4.78 is 22.2. The summed E-state index contributed by atoms with van der Waals surface area (Å²) in [6.07, 6.45) is 41.1. The molecule has 4 N–H and O–H groups in total. The fourth-order valence-corrected chi connectivity index (χ4v) is 7.07. The Kier molecular flexibility index (Phi) is 37.8. The van der Waals surface area contributed by atoms with E-state index in [-0.39, 0.29) is 26.1 Å². The average molecular weight is 849 g/mol. The average Bonchev–Trinajstić information content (AvgIpc) is 3.25. The second kappa shape index (κ2) is 40.7. The molecule has 1 fully saturated rings. The smallest absolute Gasteiger partial charge is 0.306 e. The third-order valence-corrected chi connectivity index (χ3v) is 10.9. The summed E-state index contributed by atoms with van der Waals surface area (Å²) >= 11 is 0. The predicted molar refractivity (Wildman–Crippen MR) is 242 cm³/mol. The largest absolute Gasteiger partial charge is 0.462 e. The van der Waals surface area contributed by atoms with Crippen LogP contribution in [-0.4, -0.2) is 89.0 Å². The minimum atomic E-state index is -1.60. The van der Waals surface area contributed by atoms with Crippen LogP contribution in [0, 0.1) is 0 Å². The van der Waals surface area contributed by atoms with Crippen LogP contribution in [-0.2, 0) is 28.5 Å². The van der Waals surface area contributed by atoms with Gasteiger partial charge in [0, 0.05) is 12.8 Å². The summed E-state index contributed by atoms with van der Waals surface area (Å²) in [5.41, 5.74) is 0. The van der Waals surface area contributed by atoms with E-state index in [0.29, 0.717) is 12.8 Å². The Balaban J connectivity index is 2.31. The maximum atomic E-state index is 12.8. The standard InChI is InChI=1S/C50H88O10/c1-3-5-7-9-11-13-15-17-19-21-22-23-25-27-29-31-33-35-37-39-46(53)59-43(42-58-50-49(56)48(55)47(54)44(40-51)60-50)41-57-45(52)38-36-34-32-30-28-26-24-20-18-16-14-12-10-8-6-4-2/h11,13-14,16-17,19-20,24,43-44,47-51,54-56H,3-10,12,15,18,21-23,25-42H2,1-2H3/b13-11-,16-14-,19-17-,24-20-. The number of ether oxygens (including phenoxy) is 4. The number of carbonyl (C=O) groups is 2. The zero-order valence-electron chi connectivity index (χ0n) is 37.9. The van der Waals surface area contributed by atoms with Crippen molar-refractivity contribution < 1.29 is 49.0 Å². The van der Waals surface area contributed by atoms with E-state index >= 15 is 0 Å². The van der Waals surface area contributed by atoms with Crippen LogP contribution < -0.4 is 0 Å². The highest BCUT2D eigenvalue weighted by Gasteiger charge is 2.44. The predicted octanol–water partition coefficient (Wildman–Crippen LogP) is 10.8. The molecule has 0 amide bonds. The molecule has 348 valence electrons. The van der Waals surface area contributed by atoms with Gasteiger partial charge >= 0.3 is 11.9 Å². The van der Waals surface area contributed by atoms with Gasteiger partial charge in [-0.15, -0.1) is 0 Å². The van der Waals surface area contributed by atoms with Crippen molar-refractivity contribution in [1.29, 1.82) is 0 Å². The lowest BCUT2D eigenvalue weighted by molar-refractivity contribution is -0.305. The van der Waals surface area contributed by atoms with Crippen LogP contribution in [0.1, 0.15) is 200 Å². The molecule has 10 heteroatoms. The van der Waals surface area contributed by atoms with Gasteiger partial charge in [0.25, 0.3) is 0 Å². The van der Waals surface area contributed by atoms with Crippen molar-refractivity contribution in [3.63, 3.8) is 0 Å². The van der Waals surface area contributed by atoms with Crippen molar-refractivity contribution in [3.8, 4) is 0 Å². The first-order valence-corrected chi connectivity index (χ1v) is 24.2. The number of unbranched alkanes of at least 4 members (excludes halogenated alkanes) is 21. The highest BCUT2D eigenvalue weighted by molar-refractivity contribution is 5.70. The summed E-state index contributed by atoms with van der Waals surface area (Å²) in [7, 11) is 0. The van der Waals surface area contributed by atoms with Gasteiger partial charge in [0.1, 0.15) is 31.0 Å². The van der Waals surface area contributed by atoms with E-state index in [9.17, 15) is 30.0 Å². The van der Waals surface area contributed by atoms with Gasteiger partial charge in [0.15, 0.2) is 12.4 Å². The first kappa shape index (κ1) is 55.7. The number of esters is 2. The molecule has 0 spiro atoms. The van der Waals surface area contributed by atoms with Crippen LogP contribution in [0.3, 0.4) is 0 Å². The van der Waals surface area contributed by atoms with E-state index in [4.69, 9.17) is 18.9 Å². The van der Waals surface area contributed by atoms with Crippen LogP contribution in [0.2, 0.25) is 0 Å². The Morgan fingerprint density at radius 2 is 0.933 bits per heavy atom. The fourth-order valence-electron chi connectivity index (χ4n) is 7.07. The Hall–Kier alpha value is -2.34. The summed E-state index contributed by atoms with van der Waals surface area (Å²) in [6.45, 7) is 3.37. The molecule has 0 aromatic heterocycles. The Morgan fingerprint density at radius 1 is 0.517 bits per heavy atom. The van der Waals surface area contributed by atoms with Gasteiger partial charge in [-0.1, -0.05) is 159 Å². The topological polar surface area (TPSA) is 152 Å². The lowest BCUT2D eigenvalue weighted by Crippen LogP contribution is -2.59. The van der Waals surface area contributed by atoms with E-state index in [1.807, 2.05) is 0 Å². The molecule has 6 atom stereocenters. The number of allylic oxidation sites excluding steroid dienone is 8. The Labute approximate surface area is 365 Å². The van der Waals surface area contributed by atoms with Crippen LogP contribution in [0.25, 0.3) is 0 Å². The minimum absolute atomic E-state index is 0.221. The zero-order valence-corrected chi connectivity index (χ0v) is 37.9. The zero-order chi connectivity index (χ0) is 43.7. The molecule has 1 saturated heterocycles. The lowest BCUT2D eigenvalue weighted by atomic mass is 9.99. The van der Waals surface area contributed by atoms with Crippen LogP contribution >= 0.6 is 0 Å². The van der Waals surface area contributed by atoms with Crippen molar-refractivity contribution in [3.05, 3.63) is 48.6 Å². The van der Waals surface area contributed by atoms with Crippen molar-refractivity contribution >= 4 is 11.9 Å². The molecule has 1 aliphatic rings. The molecule has 0 aromatic rings. The van der Waals surface area contributed by atoms with E-state index in [0.717, 1.165) is 70.6 Å². The third-order valence-electron chi connectivity index (χ3n) is 10.9. The third kappa shape index (κ3) is 31.5. The molecular weight excluding hydrogens is 761 g/mol. The summed E-state index contributed by atoms with van der Waals surface area (Å²) in [5.74, 6) is -0.826. The molecule has 1 rings (SSSR count). The highest BCUT2D eigenvalue weighted by atomic mass is 16.7. The summed E-state index contributed by atoms with van der Waals surface area (Å²) in [6, 6.07) is 0. The first-order chi connectivity index (χ1) is 29.3. The van der Waals surface area contributed by atoms with Gasteiger partial charge in [-0.25, -0.2) is 0 Å². The quantitative estimate of drug-likeness (QED) is 0.0266. The normalized spacial score (nSPS) is 20.3. The number of rotatable bonds is 40. The van der Waals surface area contributed by atoms with E-state index in [2.05, 4.69) is 62.5 Å². The van der Waals surface area contributed by atoms with Crippen LogP contribution in [0.5, 0.6) is 0 Å². The van der Waals surface area contributed by atoms with Gasteiger partial charge < -0.3 is 39.4 Å². The summed E-state index contributed by atoms with van der Waals surface area (Å²) in [5, 5.41) is 40.1. The number of aliphatic hydroxyl groups is 4. The van der Waals surface area contributed by atoms with Gasteiger partial charge in [-0.05, 0) is 77.0 Å². The number of hydrogen-bond acceptors (Lipinski definition) is 10. The second-order valence-corrected chi connectivity index (χ2v) is 16.6. The van der Waals surface area contributed by atoms with E-state index in [1.54, 1.807) is 0 Å². The van der Waals surface area contributed by atoms with Crippen LogP contribution in [0.15, 0.2) is 48.6 Å². The molecule has 1 heterocycles. The van der Waals surface area contributed by atoms with E-state index in [1.165, 1.54) is 89.9 Å². The molecule has 0 aliphatic carbocycles. The van der Waals surface area contributed by atoms with Gasteiger partial charge in [0.2, 0.25) is 0 Å². The number of aliphatic hydroxyl groups excluding tert-OH is 4. The molecule has 10 nitrogen and oxygen atoms in total. The summed E-state index contributed by atoms with van der Waals surface area (Å²) in [4.78, 5) is 25.4. The monoisotopic (exact) mass is 849 g/mol. The molecule has 60 heavy (non-hydrogen) atoms. The molecule has 0 saturated carbocycles. The van der Waals surface area contributed by atoms with Crippen LogP contribution in [0.4, 0.5) is 0 Å². The molecule has 0 bridgehead atoms. The second-order valence-electron chi connectivity index (χ2n) is 16.6. The van der Waals surface area contributed by atoms with Crippen molar-refractivity contribution in [2.24, 2.45) is 0 Å². The molecule has 0 radical (unpaired) electrons. The minimum Gasteiger partial charge on any atom is -0.462 e. The van der Waals surface area contributed by atoms with Gasteiger partial charge in [-0.3, -0.25) is 9.59 Å². The van der Waals surface area contributed by atoms with Crippen molar-refractivity contribution in [2.45, 2.75) is 237 Å². The maximum absolute atomic E-state index is 12.8. The maximum Gasteiger partial charge on any atom is 0.306 e. The van der Waals surface area contributed by atoms with Crippen molar-refractivity contribution in [1.82, 2.24) is 0 Å². The SMILES string of the molecule is CCCCC/C=C\C/C=C\CCCCCCCCCCCC(=O)OC(COC(=O)CCCCCCC/C=C\C/C=C\CCCCCC)COC1OC(CO)C(O)C(O)C1O. The fraction of sp³-hybridized carbons (Fsp3) is 0.800. The number of hydrogen-bond donors (Lipinski definition) is 4.